The lowest BCUT2D eigenvalue weighted by atomic mass is 10.1. The fourth-order valence-corrected chi connectivity index (χ4v) is 3.72. The number of hydrogen-bond acceptors (Lipinski definition) is 4. The normalized spacial score (nSPS) is 12.5. The Labute approximate surface area is 198 Å². The molecule has 1 aromatic carbocycles. The minimum Gasteiger partial charge on any atom is -0.357 e. The van der Waals surface area contributed by atoms with Crippen molar-refractivity contribution in [2.75, 3.05) is 20.1 Å². The Morgan fingerprint density at radius 3 is 2.17 bits per heavy atom. The molecule has 1 amide bonds. The maximum Gasteiger partial charge on any atom is 0.243 e. The molecule has 0 spiro atoms. The molecular formula is C20H36IN5O3S. The van der Waals surface area contributed by atoms with Gasteiger partial charge in [-0.3, -0.25) is 4.79 Å². The highest BCUT2D eigenvalue weighted by Gasteiger charge is 2.22. The van der Waals surface area contributed by atoms with Gasteiger partial charge in [-0.25, -0.2) is 13.4 Å². The third kappa shape index (κ3) is 9.61. The fourth-order valence-electron chi connectivity index (χ4n) is 2.35. The highest BCUT2D eigenvalue weighted by molar-refractivity contribution is 14.0. The number of amides is 1. The van der Waals surface area contributed by atoms with Crippen LogP contribution in [0.1, 0.15) is 47.1 Å². The van der Waals surface area contributed by atoms with Gasteiger partial charge in [0.05, 0.1) is 18.0 Å². The van der Waals surface area contributed by atoms with Gasteiger partial charge in [0, 0.05) is 25.2 Å². The molecule has 30 heavy (non-hydrogen) atoms. The number of halogens is 1. The average molecular weight is 554 g/mol. The summed E-state index contributed by atoms with van der Waals surface area (Å²) in [6, 6.07) is 6.57. The lowest BCUT2D eigenvalue weighted by Gasteiger charge is -2.21. The third-order valence-electron chi connectivity index (χ3n) is 4.02. The van der Waals surface area contributed by atoms with E-state index in [4.69, 9.17) is 0 Å². The molecule has 1 rings (SSSR count). The van der Waals surface area contributed by atoms with Gasteiger partial charge >= 0.3 is 0 Å². The van der Waals surface area contributed by atoms with E-state index in [9.17, 15) is 13.2 Å². The van der Waals surface area contributed by atoms with Crippen LogP contribution in [0.3, 0.4) is 0 Å². The SMILES string of the molecule is CCNC(=NCc1ccc(S(=O)(=O)N(C)C(C)C)cc1)NCC(=O)NC(C)(C)C.I. The van der Waals surface area contributed by atoms with Crippen molar-refractivity contribution in [3.63, 3.8) is 0 Å². The molecule has 0 aliphatic rings. The largest absolute Gasteiger partial charge is 0.357 e. The molecule has 0 aliphatic carbocycles. The molecule has 0 radical (unpaired) electrons. The zero-order chi connectivity index (χ0) is 22.2. The predicted molar refractivity (Wildman–Crippen MR) is 133 cm³/mol. The number of guanidine groups is 1. The summed E-state index contributed by atoms with van der Waals surface area (Å²) in [5.41, 5.74) is 0.576. The van der Waals surface area contributed by atoms with E-state index in [1.54, 1.807) is 31.3 Å². The van der Waals surface area contributed by atoms with Crippen LogP contribution >= 0.6 is 24.0 Å². The van der Waals surface area contributed by atoms with Crippen LogP contribution in [-0.4, -0.2) is 56.3 Å². The van der Waals surface area contributed by atoms with Crippen molar-refractivity contribution in [2.45, 2.75) is 64.6 Å². The number of carbonyl (C=O) groups excluding carboxylic acids is 1. The van der Waals surface area contributed by atoms with Gasteiger partial charge in [0.15, 0.2) is 5.96 Å². The second-order valence-corrected chi connectivity index (χ2v) is 10.1. The van der Waals surface area contributed by atoms with E-state index in [2.05, 4.69) is 20.9 Å². The highest BCUT2D eigenvalue weighted by atomic mass is 127. The average Bonchev–Trinajstić information content (AvgIpc) is 2.62. The standard InChI is InChI=1S/C20H35N5O3S.HI/c1-8-21-19(23-14-18(26)24-20(4,5)6)22-13-16-9-11-17(12-10-16)29(27,28)25(7)15(2)3;/h9-12,15H,8,13-14H2,1-7H3,(H,24,26)(H2,21,22,23);1H. The molecule has 0 bridgehead atoms. The topological polar surface area (TPSA) is 103 Å². The van der Waals surface area contributed by atoms with Gasteiger partial charge in [-0.15, -0.1) is 24.0 Å². The van der Waals surface area contributed by atoms with Crippen LogP contribution < -0.4 is 16.0 Å². The van der Waals surface area contributed by atoms with E-state index in [1.807, 2.05) is 41.5 Å². The van der Waals surface area contributed by atoms with Crippen LogP contribution in [0.4, 0.5) is 0 Å². The summed E-state index contributed by atoms with van der Waals surface area (Å²) in [5, 5.41) is 8.97. The number of carbonyl (C=O) groups is 1. The lowest BCUT2D eigenvalue weighted by Crippen LogP contribution is -2.48. The summed E-state index contributed by atoms with van der Waals surface area (Å²) in [6.07, 6.45) is 0. The van der Waals surface area contributed by atoms with E-state index >= 15 is 0 Å². The van der Waals surface area contributed by atoms with Gasteiger partial charge in [-0.05, 0) is 59.2 Å². The summed E-state index contributed by atoms with van der Waals surface area (Å²) >= 11 is 0. The number of rotatable bonds is 8. The Balaban J connectivity index is 0.00000841. The Kier molecular flexibility index (Phi) is 11.9. The first-order chi connectivity index (χ1) is 13.4. The quantitative estimate of drug-likeness (QED) is 0.261. The van der Waals surface area contributed by atoms with E-state index in [-0.39, 0.29) is 52.9 Å². The van der Waals surface area contributed by atoms with Gasteiger partial charge in [-0.1, -0.05) is 12.1 Å². The van der Waals surface area contributed by atoms with E-state index in [1.165, 1.54) is 4.31 Å². The summed E-state index contributed by atoms with van der Waals surface area (Å²) < 4.78 is 26.4. The fraction of sp³-hybridized carbons (Fsp3) is 0.600. The summed E-state index contributed by atoms with van der Waals surface area (Å²) in [7, 11) is -1.93. The number of benzene rings is 1. The van der Waals surface area contributed by atoms with Crippen LogP contribution in [0.15, 0.2) is 34.2 Å². The molecule has 0 fully saturated rings. The van der Waals surface area contributed by atoms with Gasteiger partial charge in [-0.2, -0.15) is 4.31 Å². The second kappa shape index (κ2) is 12.5. The summed E-state index contributed by atoms with van der Waals surface area (Å²) in [5.74, 6) is 0.403. The van der Waals surface area contributed by atoms with Crippen LogP contribution in [0.2, 0.25) is 0 Å². The van der Waals surface area contributed by atoms with Gasteiger partial charge in [0.1, 0.15) is 0 Å². The molecule has 0 atom stereocenters. The lowest BCUT2D eigenvalue weighted by molar-refractivity contribution is -0.121. The van der Waals surface area contributed by atoms with Crippen molar-refractivity contribution in [2.24, 2.45) is 4.99 Å². The minimum atomic E-state index is -3.50. The molecule has 172 valence electrons. The Morgan fingerprint density at radius 2 is 1.70 bits per heavy atom. The van der Waals surface area contributed by atoms with Gasteiger partial charge in [0.25, 0.3) is 0 Å². The van der Waals surface area contributed by atoms with Gasteiger partial charge < -0.3 is 16.0 Å². The molecule has 8 nitrogen and oxygen atoms in total. The van der Waals surface area contributed by atoms with Crippen molar-refractivity contribution in [3.8, 4) is 0 Å². The summed E-state index contributed by atoms with van der Waals surface area (Å²) in [6.45, 7) is 12.5. The number of hydrogen-bond donors (Lipinski definition) is 3. The number of nitrogens with zero attached hydrogens (tertiary/aromatic N) is 2. The first-order valence-electron chi connectivity index (χ1n) is 9.77. The molecule has 3 N–H and O–H groups in total. The number of nitrogens with one attached hydrogen (secondary N) is 3. The monoisotopic (exact) mass is 553 g/mol. The van der Waals surface area contributed by atoms with Crippen LogP contribution in [-0.2, 0) is 21.4 Å². The predicted octanol–water partition coefficient (Wildman–Crippen LogP) is 2.30. The molecule has 1 aromatic rings. The zero-order valence-corrected chi connectivity index (χ0v) is 22.1. The number of aliphatic imine (C=N–C) groups is 1. The minimum absolute atomic E-state index is 0. The van der Waals surface area contributed by atoms with Crippen molar-refractivity contribution >= 4 is 45.9 Å². The van der Waals surface area contributed by atoms with Crippen LogP contribution in [0, 0.1) is 0 Å². The summed E-state index contributed by atoms with van der Waals surface area (Å²) in [4.78, 5) is 16.7. The molecule has 0 unspecified atom stereocenters. The van der Waals surface area contributed by atoms with Crippen molar-refractivity contribution < 1.29 is 13.2 Å². The number of sulfonamides is 1. The second-order valence-electron chi connectivity index (χ2n) is 8.11. The van der Waals surface area contributed by atoms with Gasteiger partial charge in [0.2, 0.25) is 15.9 Å². The van der Waals surface area contributed by atoms with Crippen molar-refractivity contribution in [3.05, 3.63) is 29.8 Å². The molecule has 10 heteroatoms. The third-order valence-corrected chi connectivity index (χ3v) is 6.07. The molecular weight excluding hydrogens is 517 g/mol. The zero-order valence-electron chi connectivity index (χ0n) is 18.9. The molecule has 0 saturated carbocycles. The Hall–Kier alpha value is -1.40. The van der Waals surface area contributed by atoms with E-state index < -0.39 is 10.0 Å². The van der Waals surface area contributed by atoms with Crippen LogP contribution in [0.5, 0.6) is 0 Å². The van der Waals surface area contributed by atoms with Crippen molar-refractivity contribution in [1.29, 1.82) is 0 Å². The smallest absolute Gasteiger partial charge is 0.243 e. The van der Waals surface area contributed by atoms with Crippen molar-refractivity contribution in [1.82, 2.24) is 20.3 Å². The highest BCUT2D eigenvalue weighted by Crippen LogP contribution is 2.17. The molecule has 0 heterocycles. The molecule has 0 saturated heterocycles. The first kappa shape index (κ1) is 28.6. The first-order valence-corrected chi connectivity index (χ1v) is 11.2. The van der Waals surface area contributed by atoms with E-state index in [0.717, 1.165) is 5.56 Å². The Morgan fingerprint density at radius 1 is 1.13 bits per heavy atom. The van der Waals surface area contributed by atoms with Crippen LogP contribution in [0.25, 0.3) is 0 Å². The molecule has 0 aliphatic heterocycles. The maximum atomic E-state index is 12.5. The van der Waals surface area contributed by atoms with E-state index in [0.29, 0.717) is 19.0 Å². The maximum absolute atomic E-state index is 12.5. The molecule has 0 aromatic heterocycles. The Bertz CT molecular complexity index is 803.